The summed E-state index contributed by atoms with van der Waals surface area (Å²) < 4.78 is 9.50. The molecule has 2 aliphatic rings. The van der Waals surface area contributed by atoms with Crippen molar-refractivity contribution < 1.29 is 9.53 Å². The fourth-order valence-corrected chi connectivity index (χ4v) is 4.27. The molecule has 28 heavy (non-hydrogen) atoms. The first-order valence-corrected chi connectivity index (χ1v) is 10.3. The van der Waals surface area contributed by atoms with Crippen molar-refractivity contribution in [3.05, 3.63) is 34.9 Å². The summed E-state index contributed by atoms with van der Waals surface area (Å²) in [6.45, 7) is 9.46. The van der Waals surface area contributed by atoms with E-state index in [0.717, 1.165) is 63.3 Å². The molecule has 8 heteroatoms. The molecule has 1 unspecified atom stereocenters. The van der Waals surface area contributed by atoms with Gasteiger partial charge in [0.2, 0.25) is 5.91 Å². The fraction of sp³-hybridized carbons (Fsp3) is 0.650. The molecule has 0 bridgehead atoms. The molecular formula is C20H30N6O2. The smallest absolute Gasteiger partial charge is 0.241 e. The van der Waals surface area contributed by atoms with Crippen molar-refractivity contribution >= 4 is 5.91 Å². The fourth-order valence-electron chi connectivity index (χ4n) is 4.27. The summed E-state index contributed by atoms with van der Waals surface area (Å²) in [6, 6.07) is 0.179. The second-order valence-corrected chi connectivity index (χ2v) is 7.85. The maximum atomic E-state index is 12.4. The van der Waals surface area contributed by atoms with Crippen LogP contribution in [0.15, 0.2) is 12.4 Å². The number of ether oxygens (including phenoxy) is 1. The van der Waals surface area contributed by atoms with E-state index in [-0.39, 0.29) is 18.5 Å². The minimum absolute atomic E-state index is 0.0241. The maximum Gasteiger partial charge on any atom is 0.241 e. The van der Waals surface area contributed by atoms with Gasteiger partial charge in [-0.1, -0.05) is 0 Å². The van der Waals surface area contributed by atoms with Crippen LogP contribution in [0.4, 0.5) is 0 Å². The van der Waals surface area contributed by atoms with Gasteiger partial charge < -0.3 is 10.1 Å². The van der Waals surface area contributed by atoms with Crippen LogP contribution in [0.2, 0.25) is 0 Å². The summed E-state index contributed by atoms with van der Waals surface area (Å²) in [5, 5.41) is 12.2. The number of rotatable bonds is 6. The van der Waals surface area contributed by atoms with Crippen molar-refractivity contribution in [1.29, 1.82) is 0 Å². The molecule has 4 heterocycles. The zero-order valence-electron chi connectivity index (χ0n) is 16.9. The van der Waals surface area contributed by atoms with Gasteiger partial charge in [-0.05, 0) is 38.8 Å². The van der Waals surface area contributed by atoms with Crippen LogP contribution in [0.1, 0.15) is 42.3 Å². The van der Waals surface area contributed by atoms with E-state index in [4.69, 9.17) is 9.84 Å². The second kappa shape index (κ2) is 8.45. The number of fused-ring (bicyclic) bond motifs is 1. The predicted molar refractivity (Wildman–Crippen MR) is 105 cm³/mol. The van der Waals surface area contributed by atoms with E-state index < -0.39 is 0 Å². The van der Waals surface area contributed by atoms with E-state index in [9.17, 15) is 4.79 Å². The summed E-state index contributed by atoms with van der Waals surface area (Å²) in [5.41, 5.74) is 4.81. The van der Waals surface area contributed by atoms with Crippen LogP contribution < -0.4 is 5.32 Å². The lowest BCUT2D eigenvalue weighted by Gasteiger charge is -2.33. The number of hydrogen-bond donors (Lipinski definition) is 1. The van der Waals surface area contributed by atoms with Crippen LogP contribution in [-0.2, 0) is 42.2 Å². The van der Waals surface area contributed by atoms with E-state index >= 15 is 0 Å². The summed E-state index contributed by atoms with van der Waals surface area (Å²) in [6.07, 6.45) is 6.71. The third-order valence-electron chi connectivity index (χ3n) is 5.59. The highest BCUT2D eigenvalue weighted by Crippen LogP contribution is 2.23. The topological polar surface area (TPSA) is 77.2 Å². The number of carbonyl (C=O) groups is 1. The molecule has 2 aliphatic heterocycles. The lowest BCUT2D eigenvalue weighted by atomic mass is 10.0. The van der Waals surface area contributed by atoms with Gasteiger partial charge in [0.05, 0.1) is 25.1 Å². The molecule has 1 fully saturated rings. The van der Waals surface area contributed by atoms with E-state index in [1.165, 1.54) is 11.3 Å². The van der Waals surface area contributed by atoms with Gasteiger partial charge in [-0.3, -0.25) is 19.1 Å². The van der Waals surface area contributed by atoms with Gasteiger partial charge in [0.25, 0.3) is 0 Å². The summed E-state index contributed by atoms with van der Waals surface area (Å²) in [5.74, 6) is 0.0241. The molecule has 1 N–H and O–H groups in total. The number of likely N-dealkylation sites (tertiary alicyclic amines) is 1. The number of nitrogens with zero attached hydrogens (tertiary/aromatic N) is 5. The van der Waals surface area contributed by atoms with Crippen molar-refractivity contribution in [3.8, 4) is 0 Å². The highest BCUT2D eigenvalue weighted by Gasteiger charge is 2.26. The van der Waals surface area contributed by atoms with E-state index in [2.05, 4.69) is 26.9 Å². The molecule has 0 spiro atoms. The molecule has 0 aliphatic carbocycles. The molecule has 0 aromatic carbocycles. The van der Waals surface area contributed by atoms with E-state index in [1.807, 2.05) is 13.1 Å². The molecular weight excluding hydrogens is 356 g/mol. The molecule has 0 radical (unpaired) electrons. The minimum Gasteiger partial charge on any atom is -0.376 e. The molecule has 1 atom stereocenters. The van der Waals surface area contributed by atoms with Gasteiger partial charge in [-0.15, -0.1) is 0 Å². The first-order chi connectivity index (χ1) is 13.6. The molecule has 2 aromatic rings. The Hall–Kier alpha value is -2.19. The Morgan fingerprint density at radius 2 is 2.32 bits per heavy atom. The first kappa shape index (κ1) is 19.1. The largest absolute Gasteiger partial charge is 0.376 e. The Kier molecular flexibility index (Phi) is 5.77. The first-order valence-electron chi connectivity index (χ1n) is 10.3. The zero-order chi connectivity index (χ0) is 19.5. The summed E-state index contributed by atoms with van der Waals surface area (Å²) in [7, 11) is 0. The quantitative estimate of drug-likeness (QED) is 0.809. The molecule has 4 rings (SSSR count). The van der Waals surface area contributed by atoms with Gasteiger partial charge in [-0.2, -0.15) is 10.2 Å². The van der Waals surface area contributed by atoms with Gasteiger partial charge in [0.15, 0.2) is 0 Å². The van der Waals surface area contributed by atoms with Crippen LogP contribution in [-0.4, -0.2) is 56.1 Å². The van der Waals surface area contributed by atoms with Gasteiger partial charge in [-0.25, -0.2) is 0 Å². The Labute approximate surface area is 165 Å². The van der Waals surface area contributed by atoms with Gasteiger partial charge in [0, 0.05) is 49.6 Å². The monoisotopic (exact) mass is 386 g/mol. The van der Waals surface area contributed by atoms with Crippen LogP contribution in [0.3, 0.4) is 0 Å². The number of aryl methyl sites for hydroxylation is 2. The number of nitrogens with one attached hydrogen (secondary N) is 1. The van der Waals surface area contributed by atoms with Crippen molar-refractivity contribution in [2.45, 2.75) is 65.4 Å². The van der Waals surface area contributed by atoms with Crippen LogP contribution >= 0.6 is 0 Å². The Balaban J connectivity index is 1.35. The normalized spacial score (nSPS) is 20.1. The SMILES string of the molecule is CCn1nc(CN2CCCC(NC(=O)Cn3cc(C)cn3)C2)c2c1CCOC2. The van der Waals surface area contributed by atoms with Gasteiger partial charge >= 0.3 is 0 Å². The number of hydrogen-bond acceptors (Lipinski definition) is 5. The third kappa shape index (κ3) is 4.28. The molecule has 1 saturated heterocycles. The van der Waals surface area contributed by atoms with Crippen molar-refractivity contribution in [3.63, 3.8) is 0 Å². The van der Waals surface area contributed by atoms with Crippen LogP contribution in [0.25, 0.3) is 0 Å². The lowest BCUT2D eigenvalue weighted by Crippen LogP contribution is -2.48. The standard InChI is InChI=1S/C20H30N6O2/c1-3-26-19-6-8-28-14-17(19)18(23-26)12-24-7-4-5-16(11-24)22-20(27)13-25-10-15(2)9-21-25/h9-10,16H,3-8,11-14H2,1-2H3,(H,22,27). The second-order valence-electron chi connectivity index (χ2n) is 7.85. The summed E-state index contributed by atoms with van der Waals surface area (Å²) >= 11 is 0. The molecule has 152 valence electrons. The summed E-state index contributed by atoms with van der Waals surface area (Å²) in [4.78, 5) is 14.8. The van der Waals surface area contributed by atoms with Crippen molar-refractivity contribution in [2.24, 2.45) is 0 Å². The van der Waals surface area contributed by atoms with E-state index in [0.29, 0.717) is 6.61 Å². The Morgan fingerprint density at radius 1 is 1.43 bits per heavy atom. The minimum atomic E-state index is 0.0241. The van der Waals surface area contributed by atoms with Crippen LogP contribution in [0.5, 0.6) is 0 Å². The zero-order valence-corrected chi connectivity index (χ0v) is 16.9. The van der Waals surface area contributed by atoms with E-state index in [1.54, 1.807) is 10.9 Å². The average molecular weight is 387 g/mol. The third-order valence-corrected chi connectivity index (χ3v) is 5.59. The Bertz CT molecular complexity index is 827. The highest BCUT2D eigenvalue weighted by molar-refractivity contribution is 5.76. The molecule has 2 aromatic heterocycles. The number of amides is 1. The van der Waals surface area contributed by atoms with Crippen molar-refractivity contribution in [2.75, 3.05) is 19.7 Å². The van der Waals surface area contributed by atoms with Gasteiger partial charge in [0.1, 0.15) is 6.54 Å². The Morgan fingerprint density at radius 3 is 3.11 bits per heavy atom. The number of aromatic nitrogens is 4. The predicted octanol–water partition coefficient (Wildman–Crippen LogP) is 1.26. The molecule has 8 nitrogen and oxygen atoms in total. The highest BCUT2D eigenvalue weighted by atomic mass is 16.5. The van der Waals surface area contributed by atoms with Crippen molar-refractivity contribution in [1.82, 2.24) is 29.8 Å². The number of piperidine rings is 1. The number of carbonyl (C=O) groups excluding carboxylic acids is 1. The maximum absolute atomic E-state index is 12.4. The molecule has 1 amide bonds. The lowest BCUT2D eigenvalue weighted by molar-refractivity contribution is -0.122. The average Bonchev–Trinajstić information content (AvgIpc) is 3.25. The van der Waals surface area contributed by atoms with Crippen LogP contribution in [0, 0.1) is 6.92 Å². The molecule has 0 saturated carbocycles.